The SMILES string of the molecule is OC1CCC(Nc2ccc3c(c2)CCC3)CC1. The number of anilines is 1. The summed E-state index contributed by atoms with van der Waals surface area (Å²) < 4.78 is 0. The lowest BCUT2D eigenvalue weighted by molar-refractivity contribution is 0.126. The summed E-state index contributed by atoms with van der Waals surface area (Å²) in [7, 11) is 0. The van der Waals surface area contributed by atoms with E-state index in [-0.39, 0.29) is 6.10 Å². The molecule has 17 heavy (non-hydrogen) atoms. The molecule has 0 aliphatic heterocycles. The van der Waals surface area contributed by atoms with Crippen molar-refractivity contribution >= 4 is 5.69 Å². The number of hydrogen-bond acceptors (Lipinski definition) is 2. The third-order valence-corrected chi connectivity index (χ3v) is 4.17. The lowest BCUT2D eigenvalue weighted by atomic mass is 9.93. The van der Waals surface area contributed by atoms with Gasteiger partial charge in [-0.1, -0.05) is 6.07 Å². The van der Waals surface area contributed by atoms with Gasteiger partial charge in [0.2, 0.25) is 0 Å². The molecule has 3 rings (SSSR count). The van der Waals surface area contributed by atoms with E-state index in [0.29, 0.717) is 6.04 Å². The average Bonchev–Trinajstić information content (AvgIpc) is 2.79. The highest BCUT2D eigenvalue weighted by Gasteiger charge is 2.19. The fourth-order valence-corrected chi connectivity index (χ4v) is 3.12. The molecule has 2 aliphatic rings. The van der Waals surface area contributed by atoms with E-state index >= 15 is 0 Å². The molecule has 0 radical (unpaired) electrons. The van der Waals surface area contributed by atoms with Crippen molar-refractivity contribution in [1.82, 2.24) is 0 Å². The van der Waals surface area contributed by atoms with E-state index < -0.39 is 0 Å². The van der Waals surface area contributed by atoms with Gasteiger partial charge in [0.15, 0.2) is 0 Å². The van der Waals surface area contributed by atoms with Crippen molar-refractivity contribution in [2.75, 3.05) is 5.32 Å². The van der Waals surface area contributed by atoms with Crippen LogP contribution in [0.2, 0.25) is 0 Å². The van der Waals surface area contributed by atoms with Gasteiger partial charge in [-0.25, -0.2) is 0 Å². The molecule has 2 aliphatic carbocycles. The maximum absolute atomic E-state index is 9.49. The zero-order valence-electron chi connectivity index (χ0n) is 10.3. The Labute approximate surface area is 103 Å². The molecule has 0 saturated heterocycles. The second-order valence-corrected chi connectivity index (χ2v) is 5.49. The summed E-state index contributed by atoms with van der Waals surface area (Å²) in [5.74, 6) is 0. The number of fused-ring (bicyclic) bond motifs is 1. The Balaban J connectivity index is 1.65. The quantitative estimate of drug-likeness (QED) is 0.820. The predicted molar refractivity (Wildman–Crippen MR) is 70.4 cm³/mol. The summed E-state index contributed by atoms with van der Waals surface area (Å²) in [6.45, 7) is 0. The van der Waals surface area contributed by atoms with Crippen molar-refractivity contribution in [1.29, 1.82) is 0 Å². The van der Waals surface area contributed by atoms with Gasteiger partial charge in [0.05, 0.1) is 6.10 Å². The number of benzene rings is 1. The molecule has 1 saturated carbocycles. The first-order chi connectivity index (χ1) is 8.31. The van der Waals surface area contributed by atoms with Crippen molar-refractivity contribution in [2.45, 2.75) is 57.1 Å². The maximum Gasteiger partial charge on any atom is 0.0541 e. The van der Waals surface area contributed by atoms with Crippen molar-refractivity contribution in [3.8, 4) is 0 Å². The minimum absolute atomic E-state index is 0.0620. The summed E-state index contributed by atoms with van der Waals surface area (Å²) in [4.78, 5) is 0. The summed E-state index contributed by atoms with van der Waals surface area (Å²) in [6, 6.07) is 7.38. The van der Waals surface area contributed by atoms with E-state index in [2.05, 4.69) is 23.5 Å². The Hall–Kier alpha value is -1.02. The fourth-order valence-electron chi connectivity index (χ4n) is 3.12. The number of aryl methyl sites for hydroxylation is 2. The summed E-state index contributed by atoms with van der Waals surface area (Å²) in [5, 5.41) is 13.1. The van der Waals surface area contributed by atoms with E-state index in [9.17, 15) is 5.11 Å². The molecule has 0 bridgehead atoms. The van der Waals surface area contributed by atoms with Crippen LogP contribution in [0.15, 0.2) is 18.2 Å². The third kappa shape index (κ3) is 2.47. The van der Waals surface area contributed by atoms with Crippen molar-refractivity contribution in [3.05, 3.63) is 29.3 Å². The minimum atomic E-state index is -0.0620. The third-order valence-electron chi connectivity index (χ3n) is 4.17. The van der Waals surface area contributed by atoms with Crippen LogP contribution >= 0.6 is 0 Å². The van der Waals surface area contributed by atoms with Gasteiger partial charge in [-0.15, -0.1) is 0 Å². The van der Waals surface area contributed by atoms with Gasteiger partial charge in [-0.05, 0) is 68.2 Å². The van der Waals surface area contributed by atoms with Gasteiger partial charge in [0.25, 0.3) is 0 Å². The van der Waals surface area contributed by atoms with Crippen molar-refractivity contribution in [3.63, 3.8) is 0 Å². The molecular formula is C15H21NO. The Morgan fingerprint density at radius 3 is 2.59 bits per heavy atom. The van der Waals surface area contributed by atoms with Crippen LogP contribution in [-0.2, 0) is 12.8 Å². The molecule has 0 heterocycles. The second kappa shape index (κ2) is 4.69. The molecule has 0 amide bonds. The van der Waals surface area contributed by atoms with Crippen LogP contribution in [0.3, 0.4) is 0 Å². The first-order valence-corrected chi connectivity index (χ1v) is 6.88. The molecule has 0 atom stereocenters. The van der Waals surface area contributed by atoms with Crippen LogP contribution in [0.25, 0.3) is 0 Å². The van der Waals surface area contributed by atoms with Crippen LogP contribution in [0.4, 0.5) is 5.69 Å². The lowest BCUT2D eigenvalue weighted by Gasteiger charge is -2.27. The molecule has 0 unspecified atom stereocenters. The molecule has 2 N–H and O–H groups in total. The van der Waals surface area contributed by atoms with Gasteiger partial charge < -0.3 is 10.4 Å². The molecule has 1 aromatic rings. The monoisotopic (exact) mass is 231 g/mol. The van der Waals surface area contributed by atoms with Crippen LogP contribution in [0.5, 0.6) is 0 Å². The number of aliphatic hydroxyl groups excluding tert-OH is 1. The molecule has 0 spiro atoms. The van der Waals surface area contributed by atoms with E-state index in [1.165, 1.54) is 36.1 Å². The normalized spacial score (nSPS) is 27.8. The van der Waals surface area contributed by atoms with E-state index in [1.54, 1.807) is 0 Å². The molecule has 1 fully saturated rings. The van der Waals surface area contributed by atoms with E-state index in [0.717, 1.165) is 25.7 Å². The number of aliphatic hydroxyl groups is 1. The summed E-state index contributed by atoms with van der Waals surface area (Å²) in [5.41, 5.74) is 4.34. The van der Waals surface area contributed by atoms with Crippen LogP contribution < -0.4 is 5.32 Å². The van der Waals surface area contributed by atoms with Gasteiger partial charge in [0, 0.05) is 11.7 Å². The molecule has 2 heteroatoms. The smallest absolute Gasteiger partial charge is 0.0541 e. The largest absolute Gasteiger partial charge is 0.393 e. The fraction of sp³-hybridized carbons (Fsp3) is 0.600. The van der Waals surface area contributed by atoms with Crippen molar-refractivity contribution < 1.29 is 5.11 Å². The molecular weight excluding hydrogens is 210 g/mol. The number of hydrogen-bond donors (Lipinski definition) is 2. The molecule has 92 valence electrons. The highest BCUT2D eigenvalue weighted by Crippen LogP contribution is 2.27. The molecule has 0 aromatic heterocycles. The van der Waals surface area contributed by atoms with Gasteiger partial charge >= 0.3 is 0 Å². The minimum Gasteiger partial charge on any atom is -0.393 e. The highest BCUT2D eigenvalue weighted by molar-refractivity contribution is 5.50. The Morgan fingerprint density at radius 1 is 1.00 bits per heavy atom. The Kier molecular flexibility index (Phi) is 3.06. The van der Waals surface area contributed by atoms with Crippen LogP contribution in [0.1, 0.15) is 43.2 Å². The number of rotatable bonds is 2. The van der Waals surface area contributed by atoms with E-state index in [4.69, 9.17) is 0 Å². The van der Waals surface area contributed by atoms with Crippen LogP contribution in [-0.4, -0.2) is 17.3 Å². The van der Waals surface area contributed by atoms with Gasteiger partial charge in [-0.3, -0.25) is 0 Å². The predicted octanol–water partition coefficient (Wildman–Crippen LogP) is 2.89. The molecule has 2 nitrogen and oxygen atoms in total. The first-order valence-electron chi connectivity index (χ1n) is 6.88. The Bertz CT molecular complexity index is 394. The highest BCUT2D eigenvalue weighted by atomic mass is 16.3. The summed E-state index contributed by atoms with van der Waals surface area (Å²) in [6.07, 6.45) is 7.84. The summed E-state index contributed by atoms with van der Waals surface area (Å²) >= 11 is 0. The zero-order valence-corrected chi connectivity index (χ0v) is 10.3. The lowest BCUT2D eigenvalue weighted by Crippen LogP contribution is -2.28. The first kappa shape index (κ1) is 11.1. The maximum atomic E-state index is 9.49. The van der Waals surface area contributed by atoms with E-state index in [1.807, 2.05) is 0 Å². The Morgan fingerprint density at radius 2 is 1.76 bits per heavy atom. The number of nitrogens with one attached hydrogen (secondary N) is 1. The second-order valence-electron chi connectivity index (χ2n) is 5.49. The standard InChI is InChI=1S/C15H21NO/c17-15-8-6-13(7-9-15)16-14-5-4-11-2-1-3-12(11)10-14/h4-5,10,13,15-17H,1-3,6-9H2. The van der Waals surface area contributed by atoms with Gasteiger partial charge in [-0.2, -0.15) is 0 Å². The van der Waals surface area contributed by atoms with Crippen molar-refractivity contribution in [2.24, 2.45) is 0 Å². The zero-order chi connectivity index (χ0) is 11.7. The molecule has 1 aromatic carbocycles. The van der Waals surface area contributed by atoms with Crippen LogP contribution in [0, 0.1) is 0 Å². The van der Waals surface area contributed by atoms with Gasteiger partial charge in [0.1, 0.15) is 0 Å². The average molecular weight is 231 g/mol. The topological polar surface area (TPSA) is 32.3 Å².